The van der Waals surface area contributed by atoms with E-state index in [0.29, 0.717) is 5.92 Å². The highest BCUT2D eigenvalue weighted by molar-refractivity contribution is 7.13. The first-order valence-electron chi connectivity index (χ1n) is 8.77. The van der Waals surface area contributed by atoms with Crippen molar-refractivity contribution in [3.63, 3.8) is 0 Å². The molecule has 1 fully saturated rings. The van der Waals surface area contributed by atoms with Gasteiger partial charge in [-0.15, -0.1) is 11.3 Å². The Kier molecular flexibility index (Phi) is 5.51. The van der Waals surface area contributed by atoms with Gasteiger partial charge in [0.2, 0.25) is 0 Å². The summed E-state index contributed by atoms with van der Waals surface area (Å²) in [6.45, 7) is 2.19. The standard InChI is InChI=1S/C19H24N2O2S/c1-2-3-6-13-7-4-8-15(13)20-18(22)14-10-11-16(21-19(14)23)17-9-5-12-24-17/h5,9-13,15H,2-4,6-8H2,1H3,(H,20,22)(H,21,23). The molecule has 128 valence electrons. The van der Waals surface area contributed by atoms with Crippen LogP contribution < -0.4 is 10.9 Å². The molecule has 0 saturated heterocycles. The van der Waals surface area contributed by atoms with Crippen molar-refractivity contribution in [3.8, 4) is 10.6 Å². The summed E-state index contributed by atoms with van der Waals surface area (Å²) in [7, 11) is 0. The number of thiophene rings is 1. The molecule has 0 spiro atoms. The topological polar surface area (TPSA) is 62.0 Å². The lowest BCUT2D eigenvalue weighted by molar-refractivity contribution is 0.0925. The second kappa shape index (κ2) is 7.79. The van der Waals surface area contributed by atoms with E-state index in [0.717, 1.165) is 29.8 Å². The fourth-order valence-corrected chi connectivity index (χ4v) is 4.22. The number of hydrogen-bond acceptors (Lipinski definition) is 3. The Balaban J connectivity index is 1.70. The summed E-state index contributed by atoms with van der Waals surface area (Å²) in [5.41, 5.74) is 0.645. The summed E-state index contributed by atoms with van der Waals surface area (Å²) in [5, 5.41) is 5.06. The molecule has 0 aliphatic heterocycles. The third-order valence-corrected chi connectivity index (χ3v) is 5.75. The molecule has 2 heterocycles. The van der Waals surface area contributed by atoms with Crippen molar-refractivity contribution in [2.45, 2.75) is 51.5 Å². The molecule has 0 radical (unpaired) electrons. The lowest BCUT2D eigenvalue weighted by Crippen LogP contribution is -2.39. The maximum atomic E-state index is 12.5. The lowest BCUT2D eigenvalue weighted by Gasteiger charge is -2.20. The second-order valence-electron chi connectivity index (χ2n) is 6.51. The van der Waals surface area contributed by atoms with E-state index in [2.05, 4.69) is 17.2 Å². The molecular formula is C19H24N2O2S. The number of carbonyl (C=O) groups is 1. The van der Waals surface area contributed by atoms with Crippen molar-refractivity contribution in [3.05, 3.63) is 45.6 Å². The molecule has 24 heavy (non-hydrogen) atoms. The quantitative estimate of drug-likeness (QED) is 0.825. The van der Waals surface area contributed by atoms with Gasteiger partial charge in [0, 0.05) is 6.04 Å². The minimum absolute atomic E-state index is 0.205. The third kappa shape index (κ3) is 3.78. The Morgan fingerprint density at radius 3 is 2.92 bits per heavy atom. The molecular weight excluding hydrogens is 320 g/mol. The van der Waals surface area contributed by atoms with Crippen molar-refractivity contribution in [1.29, 1.82) is 0 Å². The predicted molar refractivity (Wildman–Crippen MR) is 98.5 cm³/mol. The highest BCUT2D eigenvalue weighted by Crippen LogP contribution is 2.30. The van der Waals surface area contributed by atoms with Crippen molar-refractivity contribution >= 4 is 17.2 Å². The van der Waals surface area contributed by atoms with Crippen molar-refractivity contribution in [2.24, 2.45) is 5.92 Å². The first-order chi connectivity index (χ1) is 11.7. The first kappa shape index (κ1) is 17.0. The number of unbranched alkanes of at least 4 members (excludes halogenated alkanes) is 1. The largest absolute Gasteiger partial charge is 0.349 e. The van der Waals surface area contributed by atoms with Crippen molar-refractivity contribution in [2.75, 3.05) is 0 Å². The van der Waals surface area contributed by atoms with Gasteiger partial charge in [-0.1, -0.05) is 32.3 Å². The van der Waals surface area contributed by atoms with Gasteiger partial charge >= 0.3 is 0 Å². The van der Waals surface area contributed by atoms with E-state index in [4.69, 9.17) is 0 Å². The van der Waals surface area contributed by atoms with Gasteiger partial charge in [0.15, 0.2) is 0 Å². The van der Waals surface area contributed by atoms with Crippen LogP contribution in [-0.4, -0.2) is 16.9 Å². The maximum absolute atomic E-state index is 12.5. The molecule has 2 unspecified atom stereocenters. The van der Waals surface area contributed by atoms with Crippen LogP contribution in [0.4, 0.5) is 0 Å². The van der Waals surface area contributed by atoms with Crippen LogP contribution in [0.3, 0.4) is 0 Å². The number of aromatic nitrogens is 1. The fraction of sp³-hybridized carbons (Fsp3) is 0.474. The van der Waals surface area contributed by atoms with E-state index in [1.54, 1.807) is 17.4 Å². The molecule has 5 heteroatoms. The monoisotopic (exact) mass is 344 g/mol. The van der Waals surface area contributed by atoms with Crippen LogP contribution in [-0.2, 0) is 0 Å². The molecule has 2 atom stereocenters. The number of nitrogens with one attached hydrogen (secondary N) is 2. The highest BCUT2D eigenvalue weighted by atomic mass is 32.1. The lowest BCUT2D eigenvalue weighted by atomic mass is 9.96. The molecule has 3 rings (SSSR count). The van der Waals surface area contributed by atoms with Crippen molar-refractivity contribution < 1.29 is 4.79 Å². The first-order valence-corrected chi connectivity index (χ1v) is 9.65. The number of amides is 1. The Labute approximate surface area is 146 Å². The van der Waals surface area contributed by atoms with E-state index in [-0.39, 0.29) is 23.1 Å². The minimum Gasteiger partial charge on any atom is -0.349 e. The Bertz CT molecular complexity index is 736. The molecule has 2 N–H and O–H groups in total. The number of pyridine rings is 1. The zero-order chi connectivity index (χ0) is 16.9. The van der Waals surface area contributed by atoms with E-state index >= 15 is 0 Å². The summed E-state index contributed by atoms with van der Waals surface area (Å²) in [6.07, 6.45) is 6.90. The Morgan fingerprint density at radius 2 is 2.21 bits per heavy atom. The van der Waals surface area contributed by atoms with Crippen LogP contribution in [0.2, 0.25) is 0 Å². The zero-order valence-corrected chi connectivity index (χ0v) is 14.8. The Morgan fingerprint density at radius 1 is 1.33 bits per heavy atom. The number of rotatable bonds is 6. The van der Waals surface area contributed by atoms with Crippen LogP contribution in [0.25, 0.3) is 10.6 Å². The highest BCUT2D eigenvalue weighted by Gasteiger charge is 2.28. The number of hydrogen-bond donors (Lipinski definition) is 2. The third-order valence-electron chi connectivity index (χ3n) is 4.84. The van der Waals surface area contributed by atoms with E-state index in [1.165, 1.54) is 19.3 Å². The number of H-pyrrole nitrogens is 1. The predicted octanol–water partition coefficient (Wildman–Crippen LogP) is 4.19. The van der Waals surface area contributed by atoms with Gasteiger partial charge in [0.25, 0.3) is 11.5 Å². The summed E-state index contributed by atoms with van der Waals surface area (Å²) in [6, 6.07) is 7.55. The van der Waals surface area contributed by atoms with Gasteiger partial charge in [0.05, 0.1) is 10.6 Å². The van der Waals surface area contributed by atoms with Gasteiger partial charge in [-0.05, 0) is 48.8 Å². The average Bonchev–Trinajstić information content (AvgIpc) is 3.24. The summed E-state index contributed by atoms with van der Waals surface area (Å²) in [4.78, 5) is 28.6. The smallest absolute Gasteiger partial charge is 0.261 e. The minimum atomic E-state index is -0.318. The van der Waals surface area contributed by atoms with Crippen LogP contribution in [0.5, 0.6) is 0 Å². The maximum Gasteiger partial charge on any atom is 0.261 e. The molecule has 1 aliphatic carbocycles. The molecule has 0 bridgehead atoms. The summed E-state index contributed by atoms with van der Waals surface area (Å²) >= 11 is 1.56. The van der Waals surface area contributed by atoms with E-state index in [9.17, 15) is 9.59 Å². The summed E-state index contributed by atoms with van der Waals surface area (Å²) in [5.74, 6) is 0.306. The van der Waals surface area contributed by atoms with Crippen LogP contribution in [0.1, 0.15) is 55.8 Å². The molecule has 1 amide bonds. The van der Waals surface area contributed by atoms with Crippen LogP contribution in [0.15, 0.2) is 34.4 Å². The van der Waals surface area contributed by atoms with Gasteiger partial charge in [-0.3, -0.25) is 9.59 Å². The van der Waals surface area contributed by atoms with Crippen molar-refractivity contribution in [1.82, 2.24) is 10.3 Å². The molecule has 4 nitrogen and oxygen atoms in total. The normalized spacial score (nSPS) is 20.2. The van der Waals surface area contributed by atoms with Crippen LogP contribution >= 0.6 is 11.3 Å². The fourth-order valence-electron chi connectivity index (χ4n) is 3.51. The molecule has 1 aliphatic rings. The second-order valence-corrected chi connectivity index (χ2v) is 7.45. The summed E-state index contributed by atoms with van der Waals surface area (Å²) < 4.78 is 0. The van der Waals surface area contributed by atoms with E-state index in [1.807, 2.05) is 23.6 Å². The van der Waals surface area contributed by atoms with Gasteiger partial charge in [-0.25, -0.2) is 0 Å². The van der Waals surface area contributed by atoms with Crippen LogP contribution in [0, 0.1) is 5.92 Å². The van der Waals surface area contributed by atoms with Gasteiger partial charge in [-0.2, -0.15) is 0 Å². The molecule has 2 aromatic rings. The molecule has 2 aromatic heterocycles. The average molecular weight is 344 g/mol. The SMILES string of the molecule is CCCCC1CCCC1NC(=O)c1ccc(-c2cccs2)[nH]c1=O. The Hall–Kier alpha value is -1.88. The van der Waals surface area contributed by atoms with Gasteiger partial charge in [0.1, 0.15) is 5.56 Å². The van der Waals surface area contributed by atoms with Gasteiger partial charge < -0.3 is 10.3 Å². The number of aromatic amines is 1. The molecule has 1 saturated carbocycles. The van der Waals surface area contributed by atoms with E-state index < -0.39 is 0 Å². The number of carbonyl (C=O) groups excluding carboxylic acids is 1. The zero-order valence-electron chi connectivity index (χ0n) is 14.0. The molecule has 0 aromatic carbocycles.